The lowest BCUT2D eigenvalue weighted by molar-refractivity contribution is -0.301. The van der Waals surface area contributed by atoms with Crippen molar-refractivity contribution in [3.63, 3.8) is 0 Å². The molecule has 5 N–H and O–H groups in total. The Labute approximate surface area is 103 Å². The smallest absolute Gasteiger partial charge is 0.186 e. The summed E-state index contributed by atoms with van der Waals surface area (Å²) in [6, 6.07) is 0. The SMILES string of the molecule is OC[C@H]1O[C@@H](OCC[C@@H]2O[C@@H]2O)[C@H](O)[C@@H](O)[C@@H]1O. The molecule has 8 heteroatoms. The van der Waals surface area contributed by atoms with Crippen molar-refractivity contribution in [2.24, 2.45) is 0 Å². The van der Waals surface area contributed by atoms with Crippen molar-refractivity contribution < 1.29 is 39.7 Å². The molecule has 7 atom stereocenters. The first-order valence-corrected chi connectivity index (χ1v) is 5.80. The molecule has 2 saturated heterocycles. The summed E-state index contributed by atoms with van der Waals surface area (Å²) in [6.07, 6.45) is -6.93. The topological polar surface area (TPSA) is 132 Å². The van der Waals surface area contributed by atoms with Gasteiger partial charge in [-0.3, -0.25) is 0 Å². The maximum atomic E-state index is 9.63. The van der Waals surface area contributed by atoms with Crippen LogP contribution in [0.4, 0.5) is 0 Å². The number of epoxide rings is 1. The predicted octanol–water partition coefficient (Wildman–Crippen LogP) is -3.09. The van der Waals surface area contributed by atoms with Crippen LogP contribution in [0, 0.1) is 0 Å². The van der Waals surface area contributed by atoms with Crippen LogP contribution in [-0.4, -0.2) is 81.8 Å². The molecular weight excluding hydrogens is 248 g/mol. The Morgan fingerprint density at radius 3 is 2.11 bits per heavy atom. The lowest BCUT2D eigenvalue weighted by atomic mass is 9.99. The lowest BCUT2D eigenvalue weighted by Gasteiger charge is -2.39. The Morgan fingerprint density at radius 2 is 1.56 bits per heavy atom. The van der Waals surface area contributed by atoms with Gasteiger partial charge in [-0.2, -0.15) is 0 Å². The first-order chi connectivity index (χ1) is 8.54. The fraction of sp³-hybridized carbons (Fsp3) is 1.00. The summed E-state index contributed by atoms with van der Waals surface area (Å²) in [5.74, 6) is 0. The monoisotopic (exact) mass is 266 g/mol. The van der Waals surface area contributed by atoms with Crippen molar-refractivity contribution >= 4 is 0 Å². The molecule has 2 fully saturated rings. The molecule has 18 heavy (non-hydrogen) atoms. The van der Waals surface area contributed by atoms with E-state index >= 15 is 0 Å². The molecule has 0 aliphatic carbocycles. The molecule has 2 rings (SSSR count). The third-order valence-corrected chi connectivity index (χ3v) is 3.09. The highest BCUT2D eigenvalue weighted by Crippen LogP contribution is 2.25. The number of ether oxygens (including phenoxy) is 3. The van der Waals surface area contributed by atoms with Gasteiger partial charge in [-0.15, -0.1) is 0 Å². The summed E-state index contributed by atoms with van der Waals surface area (Å²) < 4.78 is 15.1. The van der Waals surface area contributed by atoms with Gasteiger partial charge in [0.25, 0.3) is 0 Å². The highest BCUT2D eigenvalue weighted by atomic mass is 16.7. The molecule has 2 aliphatic rings. The van der Waals surface area contributed by atoms with Gasteiger partial charge in [-0.1, -0.05) is 0 Å². The molecule has 0 saturated carbocycles. The Kier molecular flexibility index (Phi) is 4.51. The number of rotatable bonds is 5. The largest absolute Gasteiger partial charge is 0.394 e. The summed E-state index contributed by atoms with van der Waals surface area (Å²) in [6.45, 7) is -0.334. The van der Waals surface area contributed by atoms with E-state index < -0.39 is 43.6 Å². The van der Waals surface area contributed by atoms with Crippen molar-refractivity contribution in [1.29, 1.82) is 0 Å². The standard InChI is InChI=1S/C10H18O8/c11-3-5-6(12)7(13)8(14)10(18-5)16-2-1-4-9(15)17-4/h4-15H,1-3H2/t4-,5+,6+,7-,8+,9-,10+/m0/s1. The van der Waals surface area contributed by atoms with Gasteiger partial charge in [0, 0.05) is 6.42 Å². The van der Waals surface area contributed by atoms with Crippen LogP contribution >= 0.6 is 0 Å². The van der Waals surface area contributed by atoms with Crippen molar-refractivity contribution in [3.8, 4) is 0 Å². The zero-order chi connectivity index (χ0) is 13.3. The van der Waals surface area contributed by atoms with E-state index in [1.54, 1.807) is 0 Å². The normalized spacial score (nSPS) is 48.2. The van der Waals surface area contributed by atoms with Gasteiger partial charge in [-0.25, -0.2) is 0 Å². The average Bonchev–Trinajstić information content (AvgIpc) is 3.05. The second-order valence-corrected chi connectivity index (χ2v) is 4.42. The lowest BCUT2D eigenvalue weighted by Crippen LogP contribution is -2.59. The highest BCUT2D eigenvalue weighted by molar-refractivity contribution is 4.89. The van der Waals surface area contributed by atoms with Crippen LogP contribution in [0.1, 0.15) is 6.42 Å². The quantitative estimate of drug-likeness (QED) is 0.331. The molecule has 0 aromatic heterocycles. The molecular formula is C10H18O8. The molecule has 0 unspecified atom stereocenters. The molecule has 0 amide bonds. The fourth-order valence-corrected chi connectivity index (χ4v) is 1.85. The van der Waals surface area contributed by atoms with E-state index in [1.807, 2.05) is 0 Å². The Bertz CT molecular complexity index is 273. The second kappa shape index (κ2) is 5.76. The maximum Gasteiger partial charge on any atom is 0.186 e. The Hall–Kier alpha value is -0.320. The van der Waals surface area contributed by atoms with Gasteiger partial charge < -0.3 is 39.7 Å². The molecule has 0 aromatic carbocycles. The van der Waals surface area contributed by atoms with Crippen LogP contribution in [0.3, 0.4) is 0 Å². The number of aliphatic hydroxyl groups excluding tert-OH is 5. The molecule has 0 spiro atoms. The minimum absolute atomic E-state index is 0.157. The van der Waals surface area contributed by atoms with Gasteiger partial charge in [0.1, 0.15) is 30.5 Å². The molecule has 0 aromatic rings. The summed E-state index contributed by atoms with van der Waals surface area (Å²) in [4.78, 5) is 0. The van der Waals surface area contributed by atoms with Crippen molar-refractivity contribution in [3.05, 3.63) is 0 Å². The predicted molar refractivity (Wildman–Crippen MR) is 55.2 cm³/mol. The molecule has 2 heterocycles. The average molecular weight is 266 g/mol. The number of hydrogen-bond acceptors (Lipinski definition) is 8. The summed E-state index contributed by atoms with van der Waals surface area (Å²) in [5.41, 5.74) is 0. The molecule has 2 aliphatic heterocycles. The van der Waals surface area contributed by atoms with Crippen molar-refractivity contribution in [1.82, 2.24) is 0 Å². The van der Waals surface area contributed by atoms with E-state index in [-0.39, 0.29) is 12.7 Å². The molecule has 0 radical (unpaired) electrons. The maximum absolute atomic E-state index is 9.63. The minimum Gasteiger partial charge on any atom is -0.394 e. The highest BCUT2D eigenvalue weighted by Gasteiger charge is 2.44. The van der Waals surface area contributed by atoms with E-state index in [0.29, 0.717) is 6.42 Å². The van der Waals surface area contributed by atoms with E-state index in [2.05, 4.69) is 0 Å². The number of aliphatic hydroxyl groups is 5. The van der Waals surface area contributed by atoms with Gasteiger partial charge in [0.15, 0.2) is 12.6 Å². The Morgan fingerprint density at radius 1 is 0.889 bits per heavy atom. The first-order valence-electron chi connectivity index (χ1n) is 5.80. The van der Waals surface area contributed by atoms with Gasteiger partial charge in [-0.05, 0) is 0 Å². The van der Waals surface area contributed by atoms with Crippen molar-refractivity contribution in [2.45, 2.75) is 49.5 Å². The summed E-state index contributed by atoms with van der Waals surface area (Å²) in [5, 5.41) is 46.5. The van der Waals surface area contributed by atoms with Gasteiger partial charge in [0.05, 0.1) is 13.2 Å². The number of hydrogen-bond donors (Lipinski definition) is 5. The zero-order valence-electron chi connectivity index (χ0n) is 9.62. The Balaban J connectivity index is 1.79. The van der Waals surface area contributed by atoms with Crippen LogP contribution in [0.15, 0.2) is 0 Å². The van der Waals surface area contributed by atoms with E-state index in [1.165, 1.54) is 0 Å². The first kappa shape index (κ1) is 14.1. The molecule has 106 valence electrons. The van der Waals surface area contributed by atoms with Crippen LogP contribution in [0.25, 0.3) is 0 Å². The van der Waals surface area contributed by atoms with E-state index in [0.717, 1.165) is 0 Å². The minimum atomic E-state index is -1.44. The van der Waals surface area contributed by atoms with Crippen LogP contribution in [0.5, 0.6) is 0 Å². The third-order valence-electron chi connectivity index (χ3n) is 3.09. The second-order valence-electron chi connectivity index (χ2n) is 4.42. The molecule has 0 bridgehead atoms. The van der Waals surface area contributed by atoms with E-state index in [9.17, 15) is 15.3 Å². The fourth-order valence-electron chi connectivity index (χ4n) is 1.85. The van der Waals surface area contributed by atoms with E-state index in [4.69, 9.17) is 24.4 Å². The van der Waals surface area contributed by atoms with Crippen LogP contribution < -0.4 is 0 Å². The van der Waals surface area contributed by atoms with Gasteiger partial charge >= 0.3 is 0 Å². The summed E-state index contributed by atoms with van der Waals surface area (Å²) >= 11 is 0. The van der Waals surface area contributed by atoms with Crippen molar-refractivity contribution in [2.75, 3.05) is 13.2 Å². The van der Waals surface area contributed by atoms with Gasteiger partial charge in [0.2, 0.25) is 0 Å². The van der Waals surface area contributed by atoms with Crippen LogP contribution in [-0.2, 0) is 14.2 Å². The molecule has 8 nitrogen and oxygen atoms in total. The summed E-state index contributed by atoms with van der Waals surface area (Å²) in [7, 11) is 0. The third kappa shape index (κ3) is 2.98. The van der Waals surface area contributed by atoms with Crippen LogP contribution in [0.2, 0.25) is 0 Å². The zero-order valence-corrected chi connectivity index (χ0v) is 9.62.